The summed E-state index contributed by atoms with van der Waals surface area (Å²) in [5, 5.41) is 20.5. The fraction of sp³-hybridized carbons (Fsp3) is 0.346. The molecule has 1 aliphatic heterocycles. The van der Waals surface area contributed by atoms with Crippen molar-refractivity contribution < 1.29 is 24.5 Å². The topological polar surface area (TPSA) is 100.0 Å². The number of aryl methyl sites for hydroxylation is 2. The molecule has 7 nitrogen and oxygen atoms in total. The second kappa shape index (κ2) is 8.83. The lowest BCUT2D eigenvalue weighted by Gasteiger charge is -2.37. The van der Waals surface area contributed by atoms with Gasteiger partial charge in [0.25, 0.3) is 5.91 Å². The Kier molecular flexibility index (Phi) is 6.08. The third-order valence-corrected chi connectivity index (χ3v) is 6.31. The molecular formula is C26H28N2O5. The number of carboxylic acid groups (broad SMARTS) is 1. The van der Waals surface area contributed by atoms with Gasteiger partial charge < -0.3 is 19.8 Å². The van der Waals surface area contributed by atoms with Gasteiger partial charge in [0.2, 0.25) is 0 Å². The van der Waals surface area contributed by atoms with Crippen LogP contribution in [0.3, 0.4) is 0 Å². The van der Waals surface area contributed by atoms with E-state index in [2.05, 4.69) is 31.0 Å². The largest absolute Gasteiger partial charge is 0.481 e. The summed E-state index contributed by atoms with van der Waals surface area (Å²) in [5.41, 5.74) is 3.48. The van der Waals surface area contributed by atoms with Crippen LogP contribution in [0.15, 0.2) is 48.7 Å². The molecule has 4 rings (SSSR count). The maximum atomic E-state index is 12.9. The van der Waals surface area contributed by atoms with Crippen LogP contribution in [0.2, 0.25) is 0 Å². The molecule has 1 aliphatic rings. The second-order valence-electron chi connectivity index (χ2n) is 8.76. The Morgan fingerprint density at radius 3 is 2.58 bits per heavy atom. The highest BCUT2D eigenvalue weighted by atomic mass is 16.5. The molecule has 3 aromatic rings. The monoisotopic (exact) mass is 448 g/mol. The van der Waals surface area contributed by atoms with E-state index in [0.717, 1.165) is 16.5 Å². The van der Waals surface area contributed by atoms with Gasteiger partial charge in [0.05, 0.1) is 12.1 Å². The molecule has 0 radical (unpaired) electrons. The van der Waals surface area contributed by atoms with Crippen molar-refractivity contribution in [3.05, 3.63) is 59.8 Å². The number of hydrogen-bond donors (Lipinski definition) is 2. The molecule has 1 aromatic heterocycles. The number of aliphatic carboxylic acids is 1. The number of hydrogen-bond acceptors (Lipinski definition) is 5. The zero-order chi connectivity index (χ0) is 23.8. The first-order chi connectivity index (χ1) is 15.7. The Balaban J connectivity index is 1.56. The molecule has 33 heavy (non-hydrogen) atoms. The van der Waals surface area contributed by atoms with Gasteiger partial charge in [-0.2, -0.15) is 0 Å². The number of benzene rings is 2. The lowest BCUT2D eigenvalue weighted by Crippen LogP contribution is -2.56. The summed E-state index contributed by atoms with van der Waals surface area (Å²) in [6.45, 7) is 5.95. The van der Waals surface area contributed by atoms with E-state index in [0.29, 0.717) is 18.7 Å². The Morgan fingerprint density at radius 2 is 1.88 bits per heavy atom. The average Bonchev–Trinajstić information content (AvgIpc) is 2.78. The van der Waals surface area contributed by atoms with E-state index >= 15 is 0 Å². The molecule has 1 fully saturated rings. The quantitative estimate of drug-likeness (QED) is 0.617. The first-order valence-corrected chi connectivity index (χ1v) is 11.1. The van der Waals surface area contributed by atoms with E-state index in [-0.39, 0.29) is 18.9 Å². The summed E-state index contributed by atoms with van der Waals surface area (Å²) in [6, 6.07) is 13.8. The van der Waals surface area contributed by atoms with Crippen molar-refractivity contribution in [2.75, 3.05) is 13.1 Å². The number of β-amino-alcohol motifs (C(OH)–C–C–N with tert-alkyl or cyclic N) is 1. The minimum absolute atomic E-state index is 0.125. The fourth-order valence-electron chi connectivity index (χ4n) is 4.57. The molecule has 1 saturated heterocycles. The molecule has 0 spiro atoms. The second-order valence-corrected chi connectivity index (χ2v) is 8.76. The van der Waals surface area contributed by atoms with Crippen molar-refractivity contribution in [3.63, 3.8) is 0 Å². The van der Waals surface area contributed by atoms with Crippen LogP contribution in [0, 0.1) is 13.8 Å². The van der Waals surface area contributed by atoms with Crippen LogP contribution in [0.25, 0.3) is 22.0 Å². The molecule has 2 atom stereocenters. The summed E-state index contributed by atoms with van der Waals surface area (Å²) >= 11 is 0. The highest BCUT2D eigenvalue weighted by molar-refractivity contribution is 5.96. The van der Waals surface area contributed by atoms with Gasteiger partial charge in [-0.1, -0.05) is 18.2 Å². The minimum Gasteiger partial charge on any atom is -0.481 e. The summed E-state index contributed by atoms with van der Waals surface area (Å²) < 4.78 is 5.90. The lowest BCUT2D eigenvalue weighted by atomic mass is 9.93. The maximum absolute atomic E-state index is 12.9. The molecule has 0 aliphatic carbocycles. The number of likely N-dealkylation sites (tertiary alicyclic amines) is 1. The van der Waals surface area contributed by atoms with Gasteiger partial charge in [-0.25, -0.2) is 4.79 Å². The van der Waals surface area contributed by atoms with Crippen molar-refractivity contribution in [1.29, 1.82) is 0 Å². The molecule has 0 bridgehead atoms. The van der Waals surface area contributed by atoms with Crippen LogP contribution in [0.4, 0.5) is 0 Å². The molecule has 2 heterocycles. The summed E-state index contributed by atoms with van der Waals surface area (Å²) in [7, 11) is 0. The van der Waals surface area contributed by atoms with Crippen molar-refractivity contribution >= 4 is 22.8 Å². The number of fused-ring (bicyclic) bond motifs is 1. The highest BCUT2D eigenvalue weighted by Gasteiger charge is 2.42. The summed E-state index contributed by atoms with van der Waals surface area (Å²) in [4.78, 5) is 30.1. The molecule has 2 N–H and O–H groups in total. The molecule has 172 valence electrons. The van der Waals surface area contributed by atoms with Crippen molar-refractivity contribution in [2.45, 2.75) is 45.3 Å². The van der Waals surface area contributed by atoms with Crippen LogP contribution >= 0.6 is 0 Å². The van der Waals surface area contributed by atoms with Gasteiger partial charge in [-0.05, 0) is 74.1 Å². The SMILES string of the molecule is Cc1cccc(C)c1-c1ccnc2cc(OC(C)C(=O)N3CCCC(O)(C(=O)O)C3)ccc12. The molecule has 1 amide bonds. The molecule has 0 saturated carbocycles. The Morgan fingerprint density at radius 1 is 1.15 bits per heavy atom. The average molecular weight is 449 g/mol. The predicted molar refractivity (Wildman–Crippen MR) is 125 cm³/mol. The Bertz CT molecular complexity index is 1200. The highest BCUT2D eigenvalue weighted by Crippen LogP contribution is 2.34. The number of carbonyl (C=O) groups is 2. The van der Waals surface area contributed by atoms with E-state index in [4.69, 9.17) is 4.74 Å². The Hall–Kier alpha value is -3.45. The molecule has 7 heteroatoms. The molecule has 2 unspecified atom stereocenters. The van der Waals surface area contributed by atoms with Crippen LogP contribution in [-0.2, 0) is 9.59 Å². The molecular weight excluding hydrogens is 420 g/mol. The number of ether oxygens (including phenoxy) is 1. The minimum atomic E-state index is -1.91. The van der Waals surface area contributed by atoms with E-state index in [1.54, 1.807) is 19.2 Å². The third kappa shape index (κ3) is 4.41. The van der Waals surface area contributed by atoms with E-state index < -0.39 is 17.7 Å². The maximum Gasteiger partial charge on any atom is 0.337 e. The summed E-state index contributed by atoms with van der Waals surface area (Å²) in [6.07, 6.45) is 1.48. The number of carbonyl (C=O) groups excluding carboxylic acids is 1. The van der Waals surface area contributed by atoms with Crippen LogP contribution in [0.5, 0.6) is 5.75 Å². The zero-order valence-corrected chi connectivity index (χ0v) is 19.0. The van der Waals surface area contributed by atoms with Gasteiger partial charge in [0.15, 0.2) is 11.7 Å². The van der Waals surface area contributed by atoms with Gasteiger partial charge in [0, 0.05) is 24.2 Å². The van der Waals surface area contributed by atoms with Gasteiger partial charge in [-0.3, -0.25) is 9.78 Å². The van der Waals surface area contributed by atoms with Crippen molar-refractivity contribution in [1.82, 2.24) is 9.88 Å². The number of amides is 1. The number of nitrogens with zero attached hydrogens (tertiary/aromatic N) is 2. The molecule has 2 aromatic carbocycles. The van der Waals surface area contributed by atoms with Crippen molar-refractivity contribution in [3.8, 4) is 16.9 Å². The normalized spacial score (nSPS) is 19.3. The third-order valence-electron chi connectivity index (χ3n) is 6.31. The number of piperidine rings is 1. The van der Waals surface area contributed by atoms with Crippen molar-refractivity contribution in [2.24, 2.45) is 0 Å². The smallest absolute Gasteiger partial charge is 0.337 e. The van der Waals surface area contributed by atoms with E-state index in [9.17, 15) is 19.8 Å². The summed E-state index contributed by atoms with van der Waals surface area (Å²) in [5.74, 6) is -1.17. The van der Waals surface area contributed by atoms with Gasteiger partial charge in [0.1, 0.15) is 5.75 Å². The Labute approximate surface area is 192 Å². The van der Waals surface area contributed by atoms with Crippen LogP contribution in [0.1, 0.15) is 30.9 Å². The first kappa shape index (κ1) is 22.7. The van der Waals surface area contributed by atoms with Crippen LogP contribution < -0.4 is 4.74 Å². The van der Waals surface area contributed by atoms with Gasteiger partial charge in [-0.15, -0.1) is 0 Å². The van der Waals surface area contributed by atoms with E-state index in [1.807, 2.05) is 24.3 Å². The zero-order valence-electron chi connectivity index (χ0n) is 19.0. The lowest BCUT2D eigenvalue weighted by molar-refractivity contribution is -0.167. The predicted octanol–water partition coefficient (Wildman–Crippen LogP) is 3.72. The number of aliphatic hydroxyl groups is 1. The number of aromatic nitrogens is 1. The van der Waals surface area contributed by atoms with Gasteiger partial charge >= 0.3 is 5.97 Å². The first-order valence-electron chi connectivity index (χ1n) is 11.1. The number of carboxylic acids is 1. The number of pyridine rings is 1. The fourth-order valence-corrected chi connectivity index (χ4v) is 4.57. The standard InChI is InChI=1S/C26H28N2O5/c1-16-6-4-7-17(2)23(16)21-10-12-27-22-14-19(8-9-20(21)22)33-18(3)24(29)28-13-5-11-26(32,15-28)25(30)31/h4,6-10,12,14,18,32H,5,11,13,15H2,1-3H3,(H,30,31). The van der Waals surface area contributed by atoms with Crippen LogP contribution in [-0.4, -0.2) is 56.8 Å². The number of rotatable bonds is 5. The van der Waals surface area contributed by atoms with E-state index in [1.165, 1.54) is 21.6 Å².